The van der Waals surface area contributed by atoms with E-state index in [0.717, 1.165) is 18.9 Å². The van der Waals surface area contributed by atoms with Gasteiger partial charge in [-0.2, -0.15) is 4.98 Å². The van der Waals surface area contributed by atoms with E-state index in [0.29, 0.717) is 24.6 Å². The third kappa shape index (κ3) is 5.47. The molecule has 4 heteroatoms. The van der Waals surface area contributed by atoms with E-state index in [1.54, 1.807) is 0 Å². The predicted molar refractivity (Wildman–Crippen MR) is 80.9 cm³/mol. The molecule has 0 saturated carbocycles. The lowest BCUT2D eigenvalue weighted by molar-refractivity contribution is 0.182. The molecule has 1 aromatic heterocycles. The number of nitrogens with one attached hydrogen (secondary N) is 1. The molecule has 1 heterocycles. The minimum absolute atomic E-state index is 0.560. The van der Waals surface area contributed by atoms with E-state index in [2.05, 4.69) is 42.9 Å². The van der Waals surface area contributed by atoms with Crippen molar-refractivity contribution in [3.05, 3.63) is 18.2 Å². The summed E-state index contributed by atoms with van der Waals surface area (Å²) in [5.41, 5.74) is 0. The van der Waals surface area contributed by atoms with Gasteiger partial charge in [0.1, 0.15) is 5.82 Å². The molecule has 0 atom stereocenters. The Hall–Kier alpha value is -1.29. The van der Waals surface area contributed by atoms with Gasteiger partial charge in [0, 0.05) is 31.2 Å². The number of ether oxygens (including phenoxy) is 1. The normalized spacial score (nSPS) is 11.4. The van der Waals surface area contributed by atoms with Crippen LogP contribution in [0.3, 0.4) is 0 Å². The molecule has 0 amide bonds. The Balaban J connectivity index is 2.45. The lowest BCUT2D eigenvalue weighted by Crippen LogP contribution is -2.40. The van der Waals surface area contributed by atoms with Crippen molar-refractivity contribution in [3.8, 4) is 5.88 Å². The summed E-state index contributed by atoms with van der Waals surface area (Å²) in [6.45, 7) is 13.4. The molecule has 0 aliphatic carbocycles. The zero-order chi connectivity index (χ0) is 14.3. The van der Waals surface area contributed by atoms with Gasteiger partial charge in [0.2, 0.25) is 5.88 Å². The fraction of sp³-hybridized carbons (Fsp3) is 0.667. The Kier molecular flexibility index (Phi) is 6.64. The smallest absolute Gasteiger partial charge is 0.215 e. The van der Waals surface area contributed by atoms with E-state index in [9.17, 15) is 0 Å². The number of nitrogens with zero attached hydrogens (tertiary/aromatic N) is 2. The fourth-order valence-electron chi connectivity index (χ4n) is 2.17. The number of aromatic nitrogens is 1. The molecular weight excluding hydrogens is 238 g/mol. The molecule has 0 spiro atoms. The van der Waals surface area contributed by atoms with Crippen LogP contribution < -0.4 is 10.1 Å². The van der Waals surface area contributed by atoms with Crippen molar-refractivity contribution < 1.29 is 4.74 Å². The monoisotopic (exact) mass is 265 g/mol. The average molecular weight is 265 g/mol. The summed E-state index contributed by atoms with van der Waals surface area (Å²) in [6.07, 6.45) is 0. The first-order valence-electron chi connectivity index (χ1n) is 7.14. The van der Waals surface area contributed by atoms with Crippen LogP contribution in [0.15, 0.2) is 18.2 Å². The van der Waals surface area contributed by atoms with Crippen molar-refractivity contribution in [1.82, 2.24) is 9.88 Å². The highest BCUT2D eigenvalue weighted by Crippen LogP contribution is 2.11. The topological polar surface area (TPSA) is 37.4 Å². The van der Waals surface area contributed by atoms with Crippen molar-refractivity contribution in [2.45, 2.75) is 46.7 Å². The molecule has 0 bridgehead atoms. The molecule has 0 saturated heterocycles. The van der Waals surface area contributed by atoms with Crippen LogP contribution in [-0.2, 0) is 0 Å². The first-order chi connectivity index (χ1) is 9.04. The maximum Gasteiger partial charge on any atom is 0.215 e. The van der Waals surface area contributed by atoms with Gasteiger partial charge < -0.3 is 10.1 Å². The number of hydrogen-bond donors (Lipinski definition) is 1. The van der Waals surface area contributed by atoms with Crippen LogP contribution in [0.4, 0.5) is 5.82 Å². The molecule has 4 nitrogen and oxygen atoms in total. The van der Waals surface area contributed by atoms with E-state index in [-0.39, 0.29) is 0 Å². The summed E-state index contributed by atoms with van der Waals surface area (Å²) >= 11 is 0. The molecule has 19 heavy (non-hydrogen) atoms. The van der Waals surface area contributed by atoms with Gasteiger partial charge in [0.15, 0.2) is 0 Å². The van der Waals surface area contributed by atoms with E-state index in [4.69, 9.17) is 4.74 Å². The van der Waals surface area contributed by atoms with E-state index >= 15 is 0 Å². The summed E-state index contributed by atoms with van der Waals surface area (Å²) in [5.74, 6) is 1.55. The standard InChI is InChI=1S/C15H27N3O/c1-6-19-15-9-7-8-14(17-15)16-10-11-18(12(2)3)13(4)5/h7-9,12-13H,6,10-11H2,1-5H3,(H,16,17). The van der Waals surface area contributed by atoms with Crippen LogP contribution in [0.5, 0.6) is 5.88 Å². The van der Waals surface area contributed by atoms with Gasteiger partial charge in [-0.15, -0.1) is 0 Å². The number of anilines is 1. The van der Waals surface area contributed by atoms with Crippen LogP contribution >= 0.6 is 0 Å². The van der Waals surface area contributed by atoms with Gasteiger partial charge >= 0.3 is 0 Å². The maximum atomic E-state index is 5.39. The van der Waals surface area contributed by atoms with Crippen molar-refractivity contribution in [1.29, 1.82) is 0 Å². The Morgan fingerprint density at radius 2 is 1.89 bits per heavy atom. The fourth-order valence-corrected chi connectivity index (χ4v) is 2.17. The molecule has 0 aliphatic rings. The van der Waals surface area contributed by atoms with Crippen LogP contribution in [0.25, 0.3) is 0 Å². The largest absolute Gasteiger partial charge is 0.478 e. The SMILES string of the molecule is CCOc1cccc(NCCN(C(C)C)C(C)C)n1. The van der Waals surface area contributed by atoms with Crippen LogP contribution in [0.2, 0.25) is 0 Å². The molecule has 0 fully saturated rings. The van der Waals surface area contributed by atoms with E-state index < -0.39 is 0 Å². The molecule has 0 radical (unpaired) electrons. The Labute approximate surface area is 117 Å². The maximum absolute atomic E-state index is 5.39. The first kappa shape index (κ1) is 15.8. The highest BCUT2D eigenvalue weighted by Gasteiger charge is 2.12. The zero-order valence-corrected chi connectivity index (χ0v) is 12.8. The molecule has 0 unspecified atom stereocenters. The van der Waals surface area contributed by atoms with Gasteiger partial charge in [0.05, 0.1) is 6.61 Å². The van der Waals surface area contributed by atoms with Gasteiger partial charge in [0.25, 0.3) is 0 Å². The summed E-state index contributed by atoms with van der Waals surface area (Å²) < 4.78 is 5.39. The molecule has 1 N–H and O–H groups in total. The minimum Gasteiger partial charge on any atom is -0.478 e. The second kappa shape index (κ2) is 8.00. The first-order valence-corrected chi connectivity index (χ1v) is 7.14. The molecule has 1 aromatic rings. The third-order valence-corrected chi connectivity index (χ3v) is 3.02. The predicted octanol–water partition coefficient (Wildman–Crippen LogP) is 3.01. The highest BCUT2D eigenvalue weighted by molar-refractivity contribution is 5.36. The van der Waals surface area contributed by atoms with Crippen LogP contribution in [0.1, 0.15) is 34.6 Å². The van der Waals surface area contributed by atoms with Crippen molar-refractivity contribution in [2.24, 2.45) is 0 Å². The summed E-state index contributed by atoms with van der Waals surface area (Å²) in [5, 5.41) is 3.35. The minimum atomic E-state index is 0.560. The summed E-state index contributed by atoms with van der Waals surface area (Å²) in [6, 6.07) is 6.93. The van der Waals surface area contributed by atoms with Crippen molar-refractivity contribution in [2.75, 3.05) is 25.0 Å². The lowest BCUT2D eigenvalue weighted by atomic mass is 10.2. The Morgan fingerprint density at radius 3 is 2.47 bits per heavy atom. The molecule has 0 aromatic carbocycles. The molecule has 108 valence electrons. The van der Waals surface area contributed by atoms with E-state index in [1.807, 2.05) is 25.1 Å². The second-order valence-corrected chi connectivity index (χ2v) is 5.15. The Morgan fingerprint density at radius 1 is 1.21 bits per heavy atom. The third-order valence-electron chi connectivity index (χ3n) is 3.02. The lowest BCUT2D eigenvalue weighted by Gasteiger charge is -2.30. The second-order valence-electron chi connectivity index (χ2n) is 5.15. The molecule has 0 aliphatic heterocycles. The number of rotatable bonds is 8. The van der Waals surface area contributed by atoms with E-state index in [1.165, 1.54) is 0 Å². The average Bonchev–Trinajstić information content (AvgIpc) is 2.34. The van der Waals surface area contributed by atoms with Gasteiger partial charge in [-0.3, -0.25) is 4.90 Å². The quantitative estimate of drug-likeness (QED) is 0.784. The number of hydrogen-bond acceptors (Lipinski definition) is 4. The molecular formula is C15H27N3O. The van der Waals surface area contributed by atoms with Crippen molar-refractivity contribution >= 4 is 5.82 Å². The van der Waals surface area contributed by atoms with Gasteiger partial charge in [-0.1, -0.05) is 6.07 Å². The highest BCUT2D eigenvalue weighted by atomic mass is 16.5. The zero-order valence-electron chi connectivity index (χ0n) is 12.8. The summed E-state index contributed by atoms with van der Waals surface area (Å²) in [4.78, 5) is 6.85. The number of pyridine rings is 1. The molecule has 1 rings (SSSR count). The Bertz CT molecular complexity index is 358. The van der Waals surface area contributed by atoms with Gasteiger partial charge in [-0.05, 0) is 40.7 Å². The van der Waals surface area contributed by atoms with Crippen LogP contribution in [-0.4, -0.2) is 41.7 Å². The van der Waals surface area contributed by atoms with Crippen LogP contribution in [0, 0.1) is 0 Å². The van der Waals surface area contributed by atoms with Crippen molar-refractivity contribution in [3.63, 3.8) is 0 Å². The summed E-state index contributed by atoms with van der Waals surface area (Å²) in [7, 11) is 0. The van der Waals surface area contributed by atoms with Gasteiger partial charge in [-0.25, -0.2) is 0 Å².